The van der Waals surface area contributed by atoms with E-state index in [2.05, 4.69) is 4.74 Å². The fourth-order valence-corrected chi connectivity index (χ4v) is 3.41. The van der Waals surface area contributed by atoms with E-state index in [0.29, 0.717) is 34.7 Å². The number of aliphatic carboxylic acids is 1. The summed E-state index contributed by atoms with van der Waals surface area (Å²) < 4.78 is 48.8. The Balaban J connectivity index is 2.20. The molecule has 0 radical (unpaired) electrons. The molecule has 0 aliphatic carbocycles. The zero-order chi connectivity index (χ0) is 22.9. The fourth-order valence-electron chi connectivity index (χ4n) is 3.41. The minimum Gasteiger partial charge on any atom is -0.479 e. The van der Waals surface area contributed by atoms with Crippen molar-refractivity contribution in [2.24, 2.45) is 0 Å². The van der Waals surface area contributed by atoms with Gasteiger partial charge in [0.2, 0.25) is 0 Å². The largest absolute Gasteiger partial charge is 0.573 e. The first kappa shape index (κ1) is 22.2. The molecule has 1 aliphatic rings. The molecule has 2 aromatic carbocycles. The van der Waals surface area contributed by atoms with Crippen LogP contribution in [0.5, 0.6) is 11.5 Å². The summed E-state index contributed by atoms with van der Waals surface area (Å²) in [4.78, 5) is 24.8. The average Bonchev–Trinajstić information content (AvgIpc) is 2.67. The van der Waals surface area contributed by atoms with Gasteiger partial charge in [-0.2, -0.15) is 0 Å². The van der Waals surface area contributed by atoms with Crippen LogP contribution in [0.2, 0.25) is 0 Å². The number of carbonyl (C=O) groups is 2. The number of ether oxygens (including phenoxy) is 2. The highest BCUT2D eigenvalue weighted by molar-refractivity contribution is 6.01. The monoisotopic (exact) mass is 435 g/mol. The Morgan fingerprint density at radius 2 is 1.97 bits per heavy atom. The molecule has 0 saturated carbocycles. The van der Waals surface area contributed by atoms with Crippen molar-refractivity contribution >= 4 is 23.6 Å². The van der Waals surface area contributed by atoms with Crippen molar-refractivity contribution in [2.75, 3.05) is 11.4 Å². The van der Waals surface area contributed by atoms with Crippen LogP contribution in [0.15, 0.2) is 36.4 Å². The first-order chi connectivity index (χ1) is 14.5. The molecule has 0 fully saturated rings. The van der Waals surface area contributed by atoms with Gasteiger partial charge in [0, 0.05) is 18.2 Å². The van der Waals surface area contributed by atoms with Crippen LogP contribution < -0.4 is 14.4 Å². The number of amides is 1. The lowest BCUT2D eigenvalue weighted by molar-refractivity contribution is -0.274. The predicted octanol–water partition coefficient (Wildman–Crippen LogP) is 4.79. The van der Waals surface area contributed by atoms with Crippen LogP contribution in [0.3, 0.4) is 0 Å². The second-order valence-electron chi connectivity index (χ2n) is 6.95. The molecule has 0 saturated heterocycles. The van der Waals surface area contributed by atoms with E-state index in [1.54, 1.807) is 32.9 Å². The number of fused-ring (bicyclic) bond motifs is 1. The SMILES string of the molecule is CCN1C(=O)C(C)Oc2cc(C)c(-c3cc(/C=C/C(=O)O)ccc3OC(F)(F)F)cc21. The quantitative estimate of drug-likeness (QED) is 0.684. The third-order valence-electron chi connectivity index (χ3n) is 4.77. The number of hydrogen-bond donors (Lipinski definition) is 1. The predicted molar refractivity (Wildman–Crippen MR) is 108 cm³/mol. The molecular formula is C22H20F3NO5. The number of nitrogens with zero attached hydrogens (tertiary/aromatic N) is 1. The van der Waals surface area contributed by atoms with E-state index in [-0.39, 0.29) is 11.5 Å². The van der Waals surface area contributed by atoms with Crippen LogP contribution in [0.4, 0.5) is 18.9 Å². The van der Waals surface area contributed by atoms with Gasteiger partial charge in [-0.1, -0.05) is 6.07 Å². The number of alkyl halides is 3. The summed E-state index contributed by atoms with van der Waals surface area (Å²) in [6.45, 7) is 5.47. The van der Waals surface area contributed by atoms with Gasteiger partial charge in [-0.05, 0) is 67.8 Å². The Kier molecular flexibility index (Phi) is 5.97. The lowest BCUT2D eigenvalue weighted by atomic mass is 9.95. The van der Waals surface area contributed by atoms with Crippen molar-refractivity contribution in [1.29, 1.82) is 0 Å². The first-order valence-corrected chi connectivity index (χ1v) is 9.44. The normalized spacial score (nSPS) is 16.3. The van der Waals surface area contributed by atoms with Crippen LogP contribution in [-0.4, -0.2) is 36.0 Å². The van der Waals surface area contributed by atoms with Gasteiger partial charge in [-0.3, -0.25) is 4.79 Å². The number of aryl methyl sites for hydroxylation is 1. The van der Waals surface area contributed by atoms with Crippen molar-refractivity contribution in [2.45, 2.75) is 33.2 Å². The first-order valence-electron chi connectivity index (χ1n) is 9.44. The minimum absolute atomic E-state index is 0.104. The molecule has 1 unspecified atom stereocenters. The number of rotatable bonds is 5. The third-order valence-corrected chi connectivity index (χ3v) is 4.77. The smallest absolute Gasteiger partial charge is 0.479 e. The number of halogens is 3. The molecule has 6 nitrogen and oxygen atoms in total. The van der Waals surface area contributed by atoms with Crippen LogP contribution in [0.25, 0.3) is 17.2 Å². The summed E-state index contributed by atoms with van der Waals surface area (Å²) in [7, 11) is 0. The Bertz CT molecular complexity index is 1060. The number of anilines is 1. The fraction of sp³-hybridized carbons (Fsp3) is 0.273. The van der Waals surface area contributed by atoms with E-state index in [0.717, 1.165) is 12.1 Å². The number of carbonyl (C=O) groups excluding carboxylic acids is 1. The molecular weight excluding hydrogens is 415 g/mol. The highest BCUT2D eigenvalue weighted by atomic mass is 19.4. The lowest BCUT2D eigenvalue weighted by Gasteiger charge is -2.33. The molecule has 2 aromatic rings. The maximum absolute atomic E-state index is 13.0. The van der Waals surface area contributed by atoms with E-state index >= 15 is 0 Å². The highest BCUT2D eigenvalue weighted by Crippen LogP contribution is 2.43. The molecule has 0 bridgehead atoms. The van der Waals surface area contributed by atoms with Gasteiger partial charge in [0.25, 0.3) is 5.91 Å². The maximum Gasteiger partial charge on any atom is 0.573 e. The van der Waals surface area contributed by atoms with Gasteiger partial charge in [0.1, 0.15) is 11.5 Å². The second-order valence-corrected chi connectivity index (χ2v) is 6.95. The average molecular weight is 435 g/mol. The van der Waals surface area contributed by atoms with Gasteiger partial charge < -0.3 is 19.5 Å². The molecule has 0 spiro atoms. The second kappa shape index (κ2) is 8.33. The van der Waals surface area contributed by atoms with Crippen molar-refractivity contribution in [3.63, 3.8) is 0 Å². The van der Waals surface area contributed by atoms with E-state index in [1.165, 1.54) is 23.1 Å². The number of carboxylic acid groups (broad SMARTS) is 1. The van der Waals surface area contributed by atoms with Gasteiger partial charge >= 0.3 is 12.3 Å². The van der Waals surface area contributed by atoms with Crippen LogP contribution >= 0.6 is 0 Å². The van der Waals surface area contributed by atoms with Gasteiger partial charge in [0.05, 0.1) is 5.69 Å². The van der Waals surface area contributed by atoms with E-state index in [1.807, 2.05) is 0 Å². The summed E-state index contributed by atoms with van der Waals surface area (Å²) in [5, 5.41) is 8.84. The van der Waals surface area contributed by atoms with E-state index in [4.69, 9.17) is 9.84 Å². The number of benzene rings is 2. The minimum atomic E-state index is -4.92. The molecule has 0 aromatic heterocycles. The standard InChI is InChI=1S/C22H20F3NO5/c1-4-26-17-11-15(12(2)9-19(17)30-13(3)21(26)29)16-10-14(6-8-20(27)28)5-7-18(16)31-22(23,24)25/h5-11,13H,4H2,1-3H3,(H,27,28)/b8-6+. The Morgan fingerprint density at radius 1 is 1.26 bits per heavy atom. The molecule has 9 heteroatoms. The van der Waals surface area contributed by atoms with Crippen molar-refractivity contribution in [3.05, 3.63) is 47.5 Å². The van der Waals surface area contributed by atoms with Crippen LogP contribution in [0.1, 0.15) is 25.0 Å². The van der Waals surface area contributed by atoms with E-state index < -0.39 is 24.2 Å². The Labute approximate surface area is 176 Å². The van der Waals surface area contributed by atoms with Crippen molar-refractivity contribution in [3.8, 4) is 22.6 Å². The molecule has 1 N–H and O–H groups in total. The van der Waals surface area contributed by atoms with Gasteiger partial charge in [0.15, 0.2) is 6.10 Å². The summed E-state index contributed by atoms with van der Waals surface area (Å²) in [5.74, 6) is -1.43. The third kappa shape index (κ3) is 4.82. The molecule has 1 atom stereocenters. The molecule has 3 rings (SSSR count). The van der Waals surface area contributed by atoms with Crippen LogP contribution in [0, 0.1) is 6.92 Å². The number of carboxylic acids is 1. The van der Waals surface area contributed by atoms with Crippen molar-refractivity contribution in [1.82, 2.24) is 0 Å². The number of likely N-dealkylation sites (N-methyl/N-ethyl adjacent to an activating group) is 1. The zero-order valence-corrected chi connectivity index (χ0v) is 17.0. The van der Waals surface area contributed by atoms with Gasteiger partial charge in [-0.15, -0.1) is 13.2 Å². The summed E-state index contributed by atoms with van der Waals surface area (Å²) in [6, 6.07) is 7.10. The number of hydrogen-bond acceptors (Lipinski definition) is 4. The molecule has 1 aliphatic heterocycles. The molecule has 1 amide bonds. The molecule has 164 valence electrons. The van der Waals surface area contributed by atoms with Crippen LogP contribution in [-0.2, 0) is 9.59 Å². The van der Waals surface area contributed by atoms with Gasteiger partial charge in [-0.25, -0.2) is 4.79 Å². The lowest BCUT2D eigenvalue weighted by Crippen LogP contribution is -2.44. The zero-order valence-electron chi connectivity index (χ0n) is 17.0. The summed E-state index contributed by atoms with van der Waals surface area (Å²) in [5.41, 5.74) is 1.91. The Morgan fingerprint density at radius 3 is 2.58 bits per heavy atom. The molecule has 1 heterocycles. The molecule has 31 heavy (non-hydrogen) atoms. The van der Waals surface area contributed by atoms with Crippen molar-refractivity contribution < 1.29 is 37.3 Å². The summed E-state index contributed by atoms with van der Waals surface area (Å²) in [6.07, 6.45) is -3.44. The topological polar surface area (TPSA) is 76.1 Å². The van der Waals surface area contributed by atoms with E-state index in [9.17, 15) is 22.8 Å². The Hall–Kier alpha value is -3.49. The highest BCUT2D eigenvalue weighted by Gasteiger charge is 2.34. The maximum atomic E-state index is 13.0. The summed E-state index contributed by atoms with van der Waals surface area (Å²) >= 11 is 0.